The second kappa shape index (κ2) is 10.1. The van der Waals surface area contributed by atoms with E-state index < -0.39 is 5.41 Å². The highest BCUT2D eigenvalue weighted by Crippen LogP contribution is 2.36. The minimum absolute atomic E-state index is 0.0919. The number of morpholine rings is 1. The Kier molecular flexibility index (Phi) is 7.20. The number of nitrogens with one attached hydrogen (secondary N) is 1. The van der Waals surface area contributed by atoms with Gasteiger partial charge in [-0.3, -0.25) is 9.69 Å². The summed E-state index contributed by atoms with van der Waals surface area (Å²) in [5.74, 6) is 0.0919. The van der Waals surface area contributed by atoms with E-state index in [-0.39, 0.29) is 5.91 Å². The SMILES string of the molecule is O=C(NCc1ccccc1CN1CCOCC1)C1(c2ccc(Br)cc2)CCOCC1. The molecule has 0 unspecified atom stereocenters. The molecule has 2 heterocycles. The molecule has 0 radical (unpaired) electrons. The van der Waals surface area contributed by atoms with Crippen molar-refractivity contribution in [3.05, 3.63) is 69.7 Å². The number of carbonyl (C=O) groups is 1. The van der Waals surface area contributed by atoms with Gasteiger partial charge in [0.25, 0.3) is 0 Å². The second-order valence-corrected chi connectivity index (χ2v) is 8.96. The molecule has 0 spiro atoms. The van der Waals surface area contributed by atoms with Gasteiger partial charge in [0.15, 0.2) is 0 Å². The van der Waals surface area contributed by atoms with Gasteiger partial charge >= 0.3 is 0 Å². The average molecular weight is 473 g/mol. The van der Waals surface area contributed by atoms with Gasteiger partial charge in [-0.15, -0.1) is 0 Å². The van der Waals surface area contributed by atoms with Crippen LogP contribution >= 0.6 is 15.9 Å². The highest BCUT2D eigenvalue weighted by molar-refractivity contribution is 9.10. The van der Waals surface area contributed by atoms with E-state index in [9.17, 15) is 4.79 Å². The van der Waals surface area contributed by atoms with Crippen molar-refractivity contribution >= 4 is 21.8 Å². The molecule has 30 heavy (non-hydrogen) atoms. The van der Waals surface area contributed by atoms with Crippen LogP contribution in [-0.2, 0) is 32.8 Å². The molecule has 0 atom stereocenters. The van der Waals surface area contributed by atoms with Gasteiger partial charge in [-0.1, -0.05) is 52.3 Å². The summed E-state index contributed by atoms with van der Waals surface area (Å²) in [5, 5.41) is 3.25. The monoisotopic (exact) mass is 472 g/mol. The second-order valence-electron chi connectivity index (χ2n) is 8.04. The topological polar surface area (TPSA) is 50.8 Å². The summed E-state index contributed by atoms with van der Waals surface area (Å²) >= 11 is 3.50. The number of hydrogen-bond donors (Lipinski definition) is 1. The fraction of sp³-hybridized carbons (Fsp3) is 0.458. The molecule has 2 fully saturated rings. The molecule has 2 aromatic carbocycles. The molecular weight excluding hydrogens is 444 g/mol. The Bertz CT molecular complexity index is 844. The maximum Gasteiger partial charge on any atom is 0.231 e. The summed E-state index contributed by atoms with van der Waals surface area (Å²) < 4.78 is 12.1. The molecule has 5 nitrogen and oxygen atoms in total. The number of amides is 1. The van der Waals surface area contributed by atoms with Gasteiger partial charge in [-0.2, -0.15) is 0 Å². The standard InChI is InChI=1S/C24H29BrN2O3/c25-22-7-5-21(6-8-22)24(9-13-29-14-10-24)23(28)26-17-19-3-1-2-4-20(19)18-27-11-15-30-16-12-27/h1-8H,9-18H2,(H,26,28). The molecule has 0 saturated carbocycles. The number of hydrogen-bond acceptors (Lipinski definition) is 4. The van der Waals surface area contributed by atoms with Crippen molar-refractivity contribution in [3.8, 4) is 0 Å². The van der Waals surface area contributed by atoms with E-state index in [2.05, 4.69) is 56.5 Å². The van der Waals surface area contributed by atoms with Crippen molar-refractivity contribution in [2.75, 3.05) is 39.5 Å². The van der Waals surface area contributed by atoms with Crippen LogP contribution in [0.1, 0.15) is 29.5 Å². The van der Waals surface area contributed by atoms with E-state index in [0.29, 0.717) is 32.6 Å². The smallest absolute Gasteiger partial charge is 0.231 e. The number of nitrogens with zero attached hydrogens (tertiary/aromatic N) is 1. The van der Waals surface area contributed by atoms with Gasteiger partial charge in [0.1, 0.15) is 0 Å². The van der Waals surface area contributed by atoms with Gasteiger partial charge < -0.3 is 14.8 Å². The summed E-state index contributed by atoms with van der Waals surface area (Å²) in [7, 11) is 0. The van der Waals surface area contributed by atoms with Crippen LogP contribution < -0.4 is 5.32 Å². The average Bonchev–Trinajstić information content (AvgIpc) is 2.80. The van der Waals surface area contributed by atoms with Gasteiger partial charge in [-0.05, 0) is 41.7 Å². The molecule has 0 aromatic heterocycles. The number of carbonyl (C=O) groups excluding carboxylic acids is 1. The molecule has 0 aliphatic carbocycles. The highest BCUT2D eigenvalue weighted by Gasteiger charge is 2.41. The summed E-state index contributed by atoms with van der Waals surface area (Å²) in [6, 6.07) is 16.5. The lowest BCUT2D eigenvalue weighted by Crippen LogP contribution is -2.47. The first-order chi connectivity index (χ1) is 14.7. The fourth-order valence-electron chi connectivity index (χ4n) is 4.36. The summed E-state index contributed by atoms with van der Waals surface area (Å²) in [6.07, 6.45) is 1.41. The van der Waals surface area contributed by atoms with Gasteiger partial charge in [0.2, 0.25) is 5.91 Å². The Morgan fingerprint density at radius 1 is 0.933 bits per heavy atom. The minimum atomic E-state index is -0.530. The molecule has 0 bridgehead atoms. The van der Waals surface area contributed by atoms with Crippen LogP contribution in [-0.4, -0.2) is 50.3 Å². The van der Waals surface area contributed by atoms with E-state index in [0.717, 1.165) is 42.9 Å². The van der Waals surface area contributed by atoms with Crippen molar-refractivity contribution in [1.82, 2.24) is 10.2 Å². The van der Waals surface area contributed by atoms with E-state index in [1.807, 2.05) is 18.2 Å². The maximum absolute atomic E-state index is 13.5. The molecule has 4 rings (SSSR count). The van der Waals surface area contributed by atoms with E-state index >= 15 is 0 Å². The number of halogens is 1. The quantitative estimate of drug-likeness (QED) is 0.696. The predicted molar refractivity (Wildman–Crippen MR) is 120 cm³/mol. The van der Waals surface area contributed by atoms with Gasteiger partial charge in [0.05, 0.1) is 18.6 Å². The molecule has 6 heteroatoms. The van der Waals surface area contributed by atoms with Crippen LogP contribution in [0.3, 0.4) is 0 Å². The van der Waals surface area contributed by atoms with Crippen LogP contribution in [0.25, 0.3) is 0 Å². The first-order valence-corrected chi connectivity index (χ1v) is 11.5. The Morgan fingerprint density at radius 2 is 1.57 bits per heavy atom. The third-order valence-electron chi connectivity index (χ3n) is 6.23. The van der Waals surface area contributed by atoms with Crippen LogP contribution in [0.2, 0.25) is 0 Å². The summed E-state index contributed by atoms with van der Waals surface area (Å²) in [5.41, 5.74) is 2.98. The van der Waals surface area contributed by atoms with Gasteiger partial charge in [0, 0.05) is 43.9 Å². The van der Waals surface area contributed by atoms with Crippen molar-refractivity contribution in [1.29, 1.82) is 0 Å². The zero-order valence-corrected chi connectivity index (χ0v) is 18.8. The Morgan fingerprint density at radius 3 is 2.27 bits per heavy atom. The molecule has 2 aromatic rings. The van der Waals surface area contributed by atoms with Crippen LogP contribution in [0.5, 0.6) is 0 Å². The minimum Gasteiger partial charge on any atom is -0.381 e. The molecule has 1 amide bonds. The predicted octanol–water partition coefficient (Wildman–Crippen LogP) is 3.65. The van der Waals surface area contributed by atoms with Crippen LogP contribution in [0, 0.1) is 0 Å². The number of rotatable bonds is 6. The van der Waals surface area contributed by atoms with Crippen LogP contribution in [0.15, 0.2) is 53.0 Å². The molecule has 1 N–H and O–H groups in total. The largest absolute Gasteiger partial charge is 0.381 e. The first kappa shape index (κ1) is 21.5. The Balaban J connectivity index is 1.48. The molecule has 2 saturated heterocycles. The number of ether oxygens (including phenoxy) is 2. The number of benzene rings is 2. The fourth-order valence-corrected chi connectivity index (χ4v) is 4.63. The van der Waals surface area contributed by atoms with E-state index in [1.54, 1.807) is 0 Å². The lowest BCUT2D eigenvalue weighted by Gasteiger charge is -2.36. The van der Waals surface area contributed by atoms with Crippen LogP contribution in [0.4, 0.5) is 0 Å². The third-order valence-corrected chi connectivity index (χ3v) is 6.76. The lowest BCUT2D eigenvalue weighted by molar-refractivity contribution is -0.130. The van der Waals surface area contributed by atoms with Crippen molar-refractivity contribution in [3.63, 3.8) is 0 Å². The highest BCUT2D eigenvalue weighted by atomic mass is 79.9. The molecule has 2 aliphatic rings. The zero-order valence-electron chi connectivity index (χ0n) is 17.2. The van der Waals surface area contributed by atoms with Crippen molar-refractivity contribution < 1.29 is 14.3 Å². The van der Waals surface area contributed by atoms with E-state index in [4.69, 9.17) is 9.47 Å². The van der Waals surface area contributed by atoms with E-state index in [1.165, 1.54) is 11.1 Å². The maximum atomic E-state index is 13.5. The Labute approximate surface area is 186 Å². The molecular formula is C24H29BrN2O3. The zero-order chi connectivity index (χ0) is 20.8. The molecule has 2 aliphatic heterocycles. The summed E-state index contributed by atoms with van der Waals surface area (Å²) in [6.45, 7) is 6.13. The lowest BCUT2D eigenvalue weighted by atomic mass is 9.73. The van der Waals surface area contributed by atoms with Crippen molar-refractivity contribution in [2.45, 2.75) is 31.3 Å². The molecule has 160 valence electrons. The van der Waals surface area contributed by atoms with Gasteiger partial charge in [-0.25, -0.2) is 0 Å². The normalized spacial score (nSPS) is 19.4. The third kappa shape index (κ3) is 4.94. The van der Waals surface area contributed by atoms with Crippen molar-refractivity contribution in [2.24, 2.45) is 0 Å². The first-order valence-electron chi connectivity index (χ1n) is 10.7. The Hall–Kier alpha value is -1.73. The summed E-state index contributed by atoms with van der Waals surface area (Å²) in [4.78, 5) is 15.9.